The van der Waals surface area contributed by atoms with Gasteiger partial charge in [0, 0.05) is 11.5 Å². The molecule has 0 aliphatic heterocycles. The first-order chi connectivity index (χ1) is 15.5. The van der Waals surface area contributed by atoms with Crippen molar-refractivity contribution in [1.82, 2.24) is 5.32 Å². The van der Waals surface area contributed by atoms with Gasteiger partial charge in [-0.05, 0) is 49.4 Å². The fourth-order valence-electron chi connectivity index (χ4n) is 2.93. The Bertz CT molecular complexity index is 1300. The van der Waals surface area contributed by atoms with Crippen LogP contribution in [0.15, 0.2) is 80.6 Å². The van der Waals surface area contributed by atoms with Crippen LogP contribution < -0.4 is 20.4 Å². The van der Waals surface area contributed by atoms with Crippen LogP contribution in [0, 0.1) is 6.92 Å². The number of aryl methyl sites for hydroxylation is 1. The molecule has 0 radical (unpaired) electrons. The van der Waals surface area contributed by atoms with E-state index >= 15 is 0 Å². The topological polar surface area (TPSA) is 108 Å². The van der Waals surface area contributed by atoms with E-state index in [-0.39, 0.29) is 30.0 Å². The largest absolute Gasteiger partial charge is 0.482 e. The Hall–Kier alpha value is -4.33. The standard InChI is InChI=1S/C24H19NO7/c1-15-4-7-17(8-5-15)30-14-22(26)31-18-9-6-16-11-20(24(28)32-21(16)12-18)23(27)25-13-19-3-2-10-29-19/h2-12H,13-14H2,1H3,(H,25,27). The molecule has 0 unspecified atom stereocenters. The van der Waals surface area contributed by atoms with Gasteiger partial charge in [0.05, 0.1) is 12.8 Å². The number of nitrogens with one attached hydrogen (secondary N) is 1. The number of hydrogen-bond acceptors (Lipinski definition) is 7. The molecule has 0 bridgehead atoms. The Morgan fingerprint density at radius 2 is 1.78 bits per heavy atom. The Balaban J connectivity index is 1.41. The van der Waals surface area contributed by atoms with E-state index in [4.69, 9.17) is 18.3 Å². The molecule has 0 saturated heterocycles. The number of carbonyl (C=O) groups excluding carboxylic acids is 2. The molecule has 0 atom stereocenters. The number of hydrogen-bond donors (Lipinski definition) is 1. The van der Waals surface area contributed by atoms with Crippen molar-refractivity contribution in [2.45, 2.75) is 13.5 Å². The van der Waals surface area contributed by atoms with Crippen molar-refractivity contribution >= 4 is 22.8 Å². The average molecular weight is 433 g/mol. The van der Waals surface area contributed by atoms with Crippen LogP contribution in [0.25, 0.3) is 11.0 Å². The number of ether oxygens (including phenoxy) is 2. The summed E-state index contributed by atoms with van der Waals surface area (Å²) in [5.74, 6) is 0.103. The van der Waals surface area contributed by atoms with Crippen molar-refractivity contribution in [3.63, 3.8) is 0 Å². The van der Waals surface area contributed by atoms with Crippen LogP contribution in [-0.4, -0.2) is 18.5 Å². The first kappa shape index (κ1) is 20.9. The number of furan rings is 1. The molecule has 0 aliphatic carbocycles. The summed E-state index contributed by atoms with van der Waals surface area (Å²) >= 11 is 0. The van der Waals surface area contributed by atoms with Crippen molar-refractivity contribution in [2.75, 3.05) is 6.61 Å². The molecule has 1 N–H and O–H groups in total. The summed E-state index contributed by atoms with van der Waals surface area (Å²) in [5, 5.41) is 3.10. The number of esters is 1. The van der Waals surface area contributed by atoms with Gasteiger partial charge in [-0.1, -0.05) is 17.7 Å². The van der Waals surface area contributed by atoms with E-state index in [9.17, 15) is 14.4 Å². The summed E-state index contributed by atoms with van der Waals surface area (Å²) in [7, 11) is 0. The molecule has 0 aliphatic rings. The SMILES string of the molecule is Cc1ccc(OCC(=O)Oc2ccc3cc(C(=O)NCc4ccco4)c(=O)oc3c2)cc1. The van der Waals surface area contributed by atoms with Gasteiger partial charge in [0.25, 0.3) is 5.91 Å². The van der Waals surface area contributed by atoms with E-state index in [0.29, 0.717) is 16.9 Å². The zero-order valence-corrected chi connectivity index (χ0v) is 17.1. The van der Waals surface area contributed by atoms with Crippen molar-refractivity contribution < 1.29 is 27.9 Å². The van der Waals surface area contributed by atoms with Gasteiger partial charge in [0.15, 0.2) is 6.61 Å². The van der Waals surface area contributed by atoms with Gasteiger partial charge in [-0.2, -0.15) is 0 Å². The molecule has 32 heavy (non-hydrogen) atoms. The molecule has 1 amide bonds. The predicted octanol–water partition coefficient (Wildman–Crippen LogP) is 3.61. The molecule has 4 aromatic rings. The van der Waals surface area contributed by atoms with Gasteiger partial charge in [0.1, 0.15) is 28.4 Å². The van der Waals surface area contributed by atoms with Gasteiger partial charge >= 0.3 is 11.6 Å². The van der Waals surface area contributed by atoms with E-state index in [1.165, 1.54) is 24.5 Å². The van der Waals surface area contributed by atoms with E-state index in [1.54, 1.807) is 30.3 Å². The third-order valence-electron chi connectivity index (χ3n) is 4.56. The molecule has 0 saturated carbocycles. The lowest BCUT2D eigenvalue weighted by Crippen LogP contribution is -2.27. The smallest absolute Gasteiger partial charge is 0.349 e. The highest BCUT2D eigenvalue weighted by Gasteiger charge is 2.15. The summed E-state index contributed by atoms with van der Waals surface area (Å²) in [5.41, 5.74) is 0.319. The summed E-state index contributed by atoms with van der Waals surface area (Å²) in [4.78, 5) is 36.7. The summed E-state index contributed by atoms with van der Waals surface area (Å²) in [6, 6.07) is 16.6. The number of benzene rings is 2. The van der Waals surface area contributed by atoms with E-state index in [0.717, 1.165) is 5.56 Å². The van der Waals surface area contributed by atoms with Gasteiger partial charge in [-0.25, -0.2) is 9.59 Å². The number of rotatable bonds is 7. The number of fused-ring (bicyclic) bond motifs is 1. The van der Waals surface area contributed by atoms with Crippen LogP contribution >= 0.6 is 0 Å². The predicted molar refractivity (Wildman–Crippen MR) is 115 cm³/mol. The fourth-order valence-corrected chi connectivity index (χ4v) is 2.93. The van der Waals surface area contributed by atoms with Crippen molar-refractivity contribution in [1.29, 1.82) is 0 Å². The van der Waals surface area contributed by atoms with Crippen molar-refractivity contribution in [2.24, 2.45) is 0 Å². The number of amides is 1. The minimum Gasteiger partial charge on any atom is -0.482 e. The second kappa shape index (κ2) is 9.22. The Morgan fingerprint density at radius 1 is 1.00 bits per heavy atom. The van der Waals surface area contributed by atoms with E-state index in [1.807, 2.05) is 19.1 Å². The maximum Gasteiger partial charge on any atom is 0.349 e. The Morgan fingerprint density at radius 3 is 2.53 bits per heavy atom. The molecular weight excluding hydrogens is 414 g/mol. The molecule has 4 rings (SSSR count). The van der Waals surface area contributed by atoms with Gasteiger partial charge in [0.2, 0.25) is 0 Å². The molecular formula is C24H19NO7. The van der Waals surface area contributed by atoms with Crippen LogP contribution in [0.3, 0.4) is 0 Å². The molecule has 8 nitrogen and oxygen atoms in total. The third-order valence-corrected chi connectivity index (χ3v) is 4.56. The van der Waals surface area contributed by atoms with E-state index < -0.39 is 17.5 Å². The lowest BCUT2D eigenvalue weighted by atomic mass is 10.1. The molecule has 8 heteroatoms. The lowest BCUT2D eigenvalue weighted by Gasteiger charge is -2.08. The zero-order chi connectivity index (χ0) is 22.5. The molecule has 162 valence electrons. The fraction of sp³-hybridized carbons (Fsp3) is 0.125. The van der Waals surface area contributed by atoms with Crippen molar-refractivity contribution in [3.8, 4) is 11.5 Å². The Kier molecular flexibility index (Phi) is 6.03. The molecule has 2 aromatic carbocycles. The minimum atomic E-state index is -0.805. The van der Waals surface area contributed by atoms with Gasteiger partial charge in [-0.15, -0.1) is 0 Å². The first-order valence-corrected chi connectivity index (χ1v) is 9.76. The van der Waals surface area contributed by atoms with Gasteiger partial charge < -0.3 is 23.6 Å². The number of carbonyl (C=O) groups is 2. The average Bonchev–Trinajstić information content (AvgIpc) is 3.30. The Labute approximate surface area is 182 Å². The lowest BCUT2D eigenvalue weighted by molar-refractivity contribution is -0.136. The van der Waals surface area contributed by atoms with Crippen LogP contribution in [-0.2, 0) is 11.3 Å². The molecule has 2 heterocycles. The van der Waals surface area contributed by atoms with Crippen LogP contribution in [0.4, 0.5) is 0 Å². The highest BCUT2D eigenvalue weighted by atomic mass is 16.6. The van der Waals surface area contributed by atoms with E-state index in [2.05, 4.69) is 5.32 Å². The van der Waals surface area contributed by atoms with Crippen LogP contribution in [0.2, 0.25) is 0 Å². The second-order valence-electron chi connectivity index (χ2n) is 6.99. The normalized spacial score (nSPS) is 10.7. The maximum atomic E-state index is 12.3. The highest BCUT2D eigenvalue weighted by molar-refractivity contribution is 5.96. The van der Waals surface area contributed by atoms with Crippen molar-refractivity contribution in [3.05, 3.63) is 94.2 Å². The molecule has 2 aromatic heterocycles. The zero-order valence-electron chi connectivity index (χ0n) is 17.1. The quantitative estimate of drug-likeness (QED) is 0.269. The molecule has 0 fully saturated rings. The highest BCUT2D eigenvalue weighted by Crippen LogP contribution is 2.21. The van der Waals surface area contributed by atoms with Crippen LogP contribution in [0.1, 0.15) is 21.7 Å². The summed E-state index contributed by atoms with van der Waals surface area (Å²) in [6.07, 6.45) is 1.49. The van der Waals surface area contributed by atoms with Gasteiger partial charge in [-0.3, -0.25) is 4.79 Å². The summed E-state index contributed by atoms with van der Waals surface area (Å²) in [6.45, 7) is 1.81. The summed E-state index contributed by atoms with van der Waals surface area (Å²) < 4.78 is 21.0. The maximum absolute atomic E-state index is 12.3. The third kappa shape index (κ3) is 5.04. The molecule has 0 spiro atoms. The first-order valence-electron chi connectivity index (χ1n) is 9.76. The van der Waals surface area contributed by atoms with Crippen LogP contribution in [0.5, 0.6) is 11.5 Å². The monoisotopic (exact) mass is 433 g/mol. The second-order valence-corrected chi connectivity index (χ2v) is 6.99. The minimum absolute atomic E-state index is 0.139.